The molecule has 0 fully saturated rings. The summed E-state index contributed by atoms with van der Waals surface area (Å²) in [5, 5.41) is 10.8. The average molecular weight is 456 g/mol. The number of nitro groups is 1. The summed E-state index contributed by atoms with van der Waals surface area (Å²) in [7, 11) is 0. The maximum Gasteiger partial charge on any atom is 0.338 e. The number of carbonyl (C=O) groups excluding carboxylic acids is 2. The number of carbonyl (C=O) groups is 2. The van der Waals surface area contributed by atoms with Gasteiger partial charge in [-0.25, -0.2) is 4.79 Å². The summed E-state index contributed by atoms with van der Waals surface area (Å²) in [6, 6.07) is 9.24. The Kier molecular flexibility index (Phi) is 4.86. The summed E-state index contributed by atoms with van der Waals surface area (Å²) in [4.78, 5) is 38.5. The van der Waals surface area contributed by atoms with Gasteiger partial charge in [0.2, 0.25) is 0 Å². The molecular weight excluding hydrogens is 432 g/mol. The number of rotatable bonds is 5. The SMILES string of the molecule is O=C(COC(=O)c1ccc2c3c1[C@@H]1C=CC[C@@H]1CN3C[C@@H]1CC=C[C@@H]21)c1ccc([N+](=O)[O-])cc1. The number of nitro benzene ring substituents is 1. The first-order valence-electron chi connectivity index (χ1n) is 11.7. The normalized spacial score (nSPS) is 25.5. The minimum Gasteiger partial charge on any atom is -0.454 e. The molecule has 172 valence electrons. The molecule has 2 aliphatic heterocycles. The van der Waals surface area contributed by atoms with Gasteiger partial charge in [0.05, 0.1) is 10.5 Å². The van der Waals surface area contributed by atoms with Crippen LogP contribution in [-0.4, -0.2) is 36.4 Å². The first-order valence-corrected chi connectivity index (χ1v) is 11.7. The summed E-state index contributed by atoms with van der Waals surface area (Å²) in [6.45, 7) is 1.59. The highest BCUT2D eigenvalue weighted by Gasteiger charge is 2.44. The van der Waals surface area contributed by atoms with Crippen LogP contribution < -0.4 is 4.90 Å². The summed E-state index contributed by atoms with van der Waals surface area (Å²) < 4.78 is 5.47. The molecule has 0 bridgehead atoms. The van der Waals surface area contributed by atoms with E-state index >= 15 is 0 Å². The third kappa shape index (κ3) is 3.26. The summed E-state index contributed by atoms with van der Waals surface area (Å²) in [6.07, 6.45) is 11.1. The van der Waals surface area contributed by atoms with E-state index in [0.29, 0.717) is 23.3 Å². The number of nitrogens with zero attached hydrogens (tertiary/aromatic N) is 2. The van der Waals surface area contributed by atoms with Gasteiger partial charge in [0, 0.05) is 48.3 Å². The van der Waals surface area contributed by atoms with E-state index in [2.05, 4.69) is 35.3 Å². The molecule has 0 saturated carbocycles. The molecule has 0 unspecified atom stereocenters. The molecule has 0 radical (unpaired) electrons. The Labute approximate surface area is 196 Å². The Morgan fingerprint density at radius 3 is 2.35 bits per heavy atom. The van der Waals surface area contributed by atoms with Crippen molar-refractivity contribution in [3.63, 3.8) is 0 Å². The van der Waals surface area contributed by atoms with Crippen LogP contribution in [0, 0.1) is 22.0 Å². The van der Waals surface area contributed by atoms with Crippen molar-refractivity contribution in [2.45, 2.75) is 24.7 Å². The largest absolute Gasteiger partial charge is 0.454 e. The molecular formula is C27H24N2O5. The lowest BCUT2D eigenvalue weighted by Crippen LogP contribution is -2.44. The van der Waals surface area contributed by atoms with E-state index in [1.165, 1.54) is 35.5 Å². The van der Waals surface area contributed by atoms with E-state index in [0.717, 1.165) is 31.5 Å². The number of benzene rings is 2. The highest BCUT2D eigenvalue weighted by atomic mass is 16.6. The summed E-state index contributed by atoms with van der Waals surface area (Å²) in [5.41, 5.74) is 4.21. The zero-order valence-electron chi connectivity index (χ0n) is 18.6. The Morgan fingerprint density at radius 2 is 1.65 bits per heavy atom. The number of hydrogen-bond donors (Lipinski definition) is 0. The Hall–Kier alpha value is -3.74. The number of allylic oxidation sites excluding steroid dienone is 4. The van der Waals surface area contributed by atoms with Crippen molar-refractivity contribution in [2.24, 2.45) is 11.8 Å². The molecule has 0 aromatic heterocycles. The van der Waals surface area contributed by atoms with E-state index in [1.807, 2.05) is 6.07 Å². The van der Waals surface area contributed by atoms with Crippen molar-refractivity contribution in [3.05, 3.63) is 93.1 Å². The molecule has 2 aromatic carbocycles. The molecule has 2 aliphatic carbocycles. The average Bonchev–Trinajstić information content (AvgIpc) is 3.52. The zero-order valence-corrected chi connectivity index (χ0v) is 18.6. The molecule has 0 spiro atoms. The van der Waals surface area contributed by atoms with E-state index in [1.54, 1.807) is 0 Å². The molecule has 0 N–H and O–H groups in total. The molecule has 6 rings (SSSR count). The van der Waals surface area contributed by atoms with Gasteiger partial charge < -0.3 is 9.64 Å². The number of esters is 1. The first kappa shape index (κ1) is 20.8. The van der Waals surface area contributed by atoms with Crippen LogP contribution in [0.5, 0.6) is 0 Å². The van der Waals surface area contributed by atoms with Crippen molar-refractivity contribution in [2.75, 3.05) is 24.6 Å². The van der Waals surface area contributed by atoms with Gasteiger partial charge in [0.15, 0.2) is 12.4 Å². The number of ether oxygens (including phenoxy) is 1. The lowest BCUT2D eigenvalue weighted by molar-refractivity contribution is -0.384. The lowest BCUT2D eigenvalue weighted by atomic mass is 9.73. The van der Waals surface area contributed by atoms with Crippen molar-refractivity contribution < 1.29 is 19.2 Å². The van der Waals surface area contributed by atoms with Crippen LogP contribution in [0.25, 0.3) is 0 Å². The molecule has 34 heavy (non-hydrogen) atoms. The van der Waals surface area contributed by atoms with E-state index in [-0.39, 0.29) is 17.2 Å². The number of fused-ring (bicyclic) bond motifs is 4. The van der Waals surface area contributed by atoms with E-state index < -0.39 is 23.3 Å². The van der Waals surface area contributed by atoms with Crippen LogP contribution in [0.2, 0.25) is 0 Å². The second kappa shape index (κ2) is 7.94. The quantitative estimate of drug-likeness (QED) is 0.211. The van der Waals surface area contributed by atoms with Crippen molar-refractivity contribution in [3.8, 4) is 0 Å². The van der Waals surface area contributed by atoms with Gasteiger partial charge in [-0.15, -0.1) is 0 Å². The number of non-ortho nitro benzene ring substituents is 1. The summed E-state index contributed by atoms with van der Waals surface area (Å²) in [5.74, 6) is 0.708. The van der Waals surface area contributed by atoms with Crippen LogP contribution >= 0.6 is 0 Å². The number of hydrogen-bond acceptors (Lipinski definition) is 6. The predicted molar refractivity (Wildman–Crippen MR) is 126 cm³/mol. The smallest absolute Gasteiger partial charge is 0.338 e. The lowest BCUT2D eigenvalue weighted by Gasteiger charge is -2.46. The highest BCUT2D eigenvalue weighted by Crippen LogP contribution is 2.53. The van der Waals surface area contributed by atoms with Crippen molar-refractivity contribution in [1.82, 2.24) is 0 Å². The Balaban J connectivity index is 1.28. The molecule has 4 atom stereocenters. The second-order valence-electron chi connectivity index (χ2n) is 9.57. The summed E-state index contributed by atoms with van der Waals surface area (Å²) >= 11 is 0. The molecule has 7 nitrogen and oxygen atoms in total. The predicted octanol–water partition coefficient (Wildman–Crippen LogP) is 4.79. The third-order valence-corrected chi connectivity index (χ3v) is 7.70. The minimum absolute atomic E-state index is 0.0928. The zero-order chi connectivity index (χ0) is 23.4. The fourth-order valence-corrected chi connectivity index (χ4v) is 6.12. The van der Waals surface area contributed by atoms with Crippen molar-refractivity contribution >= 4 is 23.1 Å². The maximum absolute atomic E-state index is 13.2. The molecule has 0 saturated heterocycles. The van der Waals surface area contributed by atoms with Crippen LogP contribution in [-0.2, 0) is 4.74 Å². The van der Waals surface area contributed by atoms with Crippen LogP contribution in [0.1, 0.15) is 56.5 Å². The fraction of sp³-hybridized carbons (Fsp3) is 0.333. The third-order valence-electron chi connectivity index (χ3n) is 7.70. The molecule has 0 amide bonds. The molecule has 2 heterocycles. The molecule has 7 heteroatoms. The van der Waals surface area contributed by atoms with Crippen LogP contribution in [0.4, 0.5) is 11.4 Å². The fourth-order valence-electron chi connectivity index (χ4n) is 6.12. The van der Waals surface area contributed by atoms with Gasteiger partial charge >= 0.3 is 5.97 Å². The van der Waals surface area contributed by atoms with Gasteiger partial charge in [-0.05, 0) is 54.0 Å². The number of anilines is 1. The topological polar surface area (TPSA) is 89.8 Å². The minimum atomic E-state index is -0.520. The van der Waals surface area contributed by atoms with E-state index in [4.69, 9.17) is 4.74 Å². The monoisotopic (exact) mass is 456 g/mol. The van der Waals surface area contributed by atoms with E-state index in [9.17, 15) is 19.7 Å². The maximum atomic E-state index is 13.2. The Morgan fingerprint density at radius 1 is 0.971 bits per heavy atom. The van der Waals surface area contributed by atoms with Crippen molar-refractivity contribution in [1.29, 1.82) is 0 Å². The highest BCUT2D eigenvalue weighted by molar-refractivity contribution is 6.00. The van der Waals surface area contributed by atoms with Gasteiger partial charge in [-0.2, -0.15) is 0 Å². The van der Waals surface area contributed by atoms with Gasteiger partial charge in [-0.1, -0.05) is 30.4 Å². The van der Waals surface area contributed by atoms with Crippen LogP contribution in [0.3, 0.4) is 0 Å². The standard InChI is InChI=1S/C27H24N2O5/c30-24(16-7-9-19(10-8-16)29(32)33)15-34-27(31)23-12-11-22-20-5-1-3-17(20)13-28-14-18-4-2-6-21(18)25(23)26(22)28/h1-2,5-12,17-18,20-21H,3-4,13-15H2/t17-,18+,20+,21+/m0/s1. The molecule has 4 aliphatic rings. The van der Waals surface area contributed by atoms with Gasteiger partial charge in [0.25, 0.3) is 5.69 Å². The van der Waals surface area contributed by atoms with Gasteiger partial charge in [0.1, 0.15) is 0 Å². The number of ketones is 1. The second-order valence-corrected chi connectivity index (χ2v) is 9.57. The van der Waals surface area contributed by atoms with Gasteiger partial charge in [-0.3, -0.25) is 14.9 Å². The molecule has 2 aromatic rings. The Bertz CT molecular complexity index is 1260. The number of Topliss-reactive ketones (excluding diaryl/α,β-unsaturated/α-hetero) is 1. The first-order chi connectivity index (χ1) is 16.5. The van der Waals surface area contributed by atoms with Crippen LogP contribution in [0.15, 0.2) is 60.7 Å².